The van der Waals surface area contributed by atoms with Crippen LogP contribution in [-0.4, -0.2) is 11.6 Å². The lowest BCUT2D eigenvalue weighted by Gasteiger charge is -2.55. The van der Waals surface area contributed by atoms with Crippen LogP contribution in [0.2, 0.25) is 0 Å². The topological polar surface area (TPSA) is 34.1 Å². The molecule has 0 N–H and O–H groups in total. The highest BCUT2D eigenvalue weighted by molar-refractivity contribution is 6.01. The van der Waals surface area contributed by atoms with E-state index in [1.165, 1.54) is 18.4 Å². The van der Waals surface area contributed by atoms with Crippen LogP contribution < -0.4 is 0 Å². The number of hydrogen-bond acceptors (Lipinski definition) is 2. The highest BCUT2D eigenvalue weighted by Gasteiger charge is 2.60. The number of carbonyl (C=O) groups is 2. The van der Waals surface area contributed by atoms with E-state index in [9.17, 15) is 9.59 Å². The van der Waals surface area contributed by atoms with Gasteiger partial charge in [0.15, 0.2) is 5.78 Å². The third kappa shape index (κ3) is 2.29. The first-order valence-electron chi connectivity index (χ1n) is 9.83. The molecule has 3 fully saturated rings. The molecule has 4 aliphatic carbocycles. The van der Waals surface area contributed by atoms with Crippen molar-refractivity contribution < 1.29 is 9.59 Å². The zero-order valence-electron chi connectivity index (χ0n) is 15.9. The van der Waals surface area contributed by atoms with Crippen molar-refractivity contribution in [3.63, 3.8) is 0 Å². The van der Waals surface area contributed by atoms with Gasteiger partial charge >= 0.3 is 0 Å². The molecule has 0 amide bonds. The van der Waals surface area contributed by atoms with Crippen molar-refractivity contribution in [2.24, 2.45) is 34.5 Å². The number of fused-ring (bicyclic) bond motifs is 5. The van der Waals surface area contributed by atoms with E-state index in [1.807, 2.05) is 19.9 Å². The number of ketones is 2. The van der Waals surface area contributed by atoms with Crippen LogP contribution in [0.5, 0.6) is 0 Å². The van der Waals surface area contributed by atoms with Crippen molar-refractivity contribution in [2.45, 2.75) is 66.7 Å². The summed E-state index contributed by atoms with van der Waals surface area (Å²) in [5.41, 5.74) is 1.20. The van der Waals surface area contributed by atoms with E-state index in [4.69, 9.17) is 0 Å². The summed E-state index contributed by atoms with van der Waals surface area (Å²) in [6, 6.07) is 0. The number of hydrogen-bond donors (Lipinski definition) is 0. The van der Waals surface area contributed by atoms with Gasteiger partial charge in [-0.1, -0.05) is 46.3 Å². The van der Waals surface area contributed by atoms with Crippen LogP contribution in [0.3, 0.4) is 0 Å². The molecule has 2 nitrogen and oxygen atoms in total. The number of allylic oxidation sites excluding steroid dienone is 4. The molecule has 6 atom stereocenters. The molecule has 132 valence electrons. The molecule has 0 aromatic rings. The average Bonchev–Trinajstić information content (AvgIpc) is 2.85. The molecule has 24 heavy (non-hydrogen) atoms. The zero-order valence-corrected chi connectivity index (χ0v) is 15.9. The van der Waals surface area contributed by atoms with Gasteiger partial charge in [0, 0.05) is 17.8 Å². The summed E-state index contributed by atoms with van der Waals surface area (Å²) in [5, 5.41) is 0. The summed E-state index contributed by atoms with van der Waals surface area (Å²) in [4.78, 5) is 24.8. The van der Waals surface area contributed by atoms with Gasteiger partial charge in [-0.15, -0.1) is 0 Å². The van der Waals surface area contributed by atoms with Crippen LogP contribution in [0, 0.1) is 34.5 Å². The standard InChI is InChI=1S/C20H26O2.C2H6/c1-12-4-7-16-15-6-5-13-10-14(21)8-9-19(13,2)18(15)17(22)11-20(12,16)3;1-2/h8-10,12,15-16,18H,4-7,11H2,1-3H3;1-2H3. The first kappa shape index (κ1) is 17.6. The van der Waals surface area contributed by atoms with Crippen LogP contribution in [0.15, 0.2) is 23.8 Å². The van der Waals surface area contributed by atoms with Crippen molar-refractivity contribution >= 4 is 11.6 Å². The first-order chi connectivity index (χ1) is 11.4. The van der Waals surface area contributed by atoms with E-state index in [0.717, 1.165) is 19.3 Å². The summed E-state index contributed by atoms with van der Waals surface area (Å²) in [6.45, 7) is 10.9. The van der Waals surface area contributed by atoms with E-state index in [2.05, 4.69) is 20.8 Å². The molecule has 0 aliphatic heterocycles. The normalized spacial score (nSPS) is 46.3. The van der Waals surface area contributed by atoms with Crippen molar-refractivity contribution in [1.82, 2.24) is 0 Å². The minimum Gasteiger partial charge on any atom is -0.299 e. The highest BCUT2D eigenvalue weighted by atomic mass is 16.1. The molecule has 4 rings (SSSR count). The van der Waals surface area contributed by atoms with E-state index >= 15 is 0 Å². The second-order valence-electron chi connectivity index (χ2n) is 8.60. The second-order valence-corrected chi connectivity index (χ2v) is 8.60. The smallest absolute Gasteiger partial charge is 0.178 e. The highest BCUT2D eigenvalue weighted by Crippen LogP contribution is 2.64. The minimum atomic E-state index is -0.207. The molecule has 2 heteroatoms. The number of Topliss-reactive ketones (excluding diaryl/α,β-unsaturated/α-hetero) is 1. The Morgan fingerprint density at radius 2 is 1.79 bits per heavy atom. The Bertz CT molecular complexity index is 613. The van der Waals surface area contributed by atoms with Gasteiger partial charge in [-0.3, -0.25) is 9.59 Å². The summed E-state index contributed by atoms with van der Waals surface area (Å²) in [7, 11) is 0. The van der Waals surface area contributed by atoms with E-state index in [0.29, 0.717) is 23.5 Å². The summed E-state index contributed by atoms with van der Waals surface area (Å²) in [5.74, 6) is 2.50. The number of carbonyl (C=O) groups excluding carboxylic acids is 2. The summed E-state index contributed by atoms with van der Waals surface area (Å²) < 4.78 is 0. The number of rotatable bonds is 0. The van der Waals surface area contributed by atoms with E-state index < -0.39 is 0 Å². The third-order valence-electron chi connectivity index (χ3n) is 7.73. The van der Waals surface area contributed by atoms with Crippen molar-refractivity contribution in [3.05, 3.63) is 23.8 Å². The largest absolute Gasteiger partial charge is 0.299 e. The monoisotopic (exact) mass is 328 g/mol. The van der Waals surface area contributed by atoms with Crippen molar-refractivity contribution in [2.75, 3.05) is 0 Å². The maximum absolute atomic E-state index is 13.1. The molecule has 0 aromatic heterocycles. The molecule has 0 saturated heterocycles. The maximum atomic E-state index is 13.1. The van der Waals surface area contributed by atoms with E-state index in [1.54, 1.807) is 12.2 Å². The molecule has 0 spiro atoms. The van der Waals surface area contributed by atoms with Gasteiger partial charge in [-0.05, 0) is 61.0 Å². The van der Waals surface area contributed by atoms with Gasteiger partial charge in [-0.2, -0.15) is 0 Å². The lowest BCUT2D eigenvalue weighted by Crippen LogP contribution is -2.53. The molecule has 3 saturated carbocycles. The molecule has 0 radical (unpaired) electrons. The van der Waals surface area contributed by atoms with Crippen molar-refractivity contribution in [1.29, 1.82) is 0 Å². The van der Waals surface area contributed by atoms with Gasteiger partial charge < -0.3 is 0 Å². The lowest BCUT2D eigenvalue weighted by atomic mass is 9.47. The quantitative estimate of drug-likeness (QED) is 0.617. The lowest BCUT2D eigenvalue weighted by molar-refractivity contribution is -0.142. The van der Waals surface area contributed by atoms with Gasteiger partial charge in [0.05, 0.1) is 0 Å². The van der Waals surface area contributed by atoms with Gasteiger partial charge in [0.25, 0.3) is 0 Å². The fourth-order valence-electron chi connectivity index (χ4n) is 6.27. The van der Waals surface area contributed by atoms with Crippen molar-refractivity contribution in [3.8, 4) is 0 Å². The third-order valence-corrected chi connectivity index (χ3v) is 7.73. The molecular formula is C22H32O2. The molecule has 6 unspecified atom stereocenters. The predicted molar refractivity (Wildman–Crippen MR) is 97.5 cm³/mol. The molecule has 0 aromatic carbocycles. The Hall–Kier alpha value is -1.18. The predicted octanol–water partition coefficient (Wildman–Crippen LogP) is 5.14. The zero-order chi connectivity index (χ0) is 17.7. The van der Waals surface area contributed by atoms with Gasteiger partial charge in [-0.25, -0.2) is 0 Å². The Kier molecular flexibility index (Phi) is 4.38. The SMILES string of the molecule is CC.CC1CCC2C3CCC4=CC(=O)C=CC4(C)C3C(=O)CC12C. The average molecular weight is 328 g/mol. The van der Waals surface area contributed by atoms with Crippen LogP contribution in [0.1, 0.15) is 66.7 Å². The Labute approximate surface area is 146 Å². The maximum Gasteiger partial charge on any atom is 0.178 e. The molecular weight excluding hydrogens is 296 g/mol. The summed E-state index contributed by atoms with van der Waals surface area (Å²) >= 11 is 0. The Morgan fingerprint density at radius 1 is 1.08 bits per heavy atom. The van der Waals surface area contributed by atoms with Gasteiger partial charge in [0.1, 0.15) is 5.78 Å². The molecule has 4 aliphatic rings. The van der Waals surface area contributed by atoms with Gasteiger partial charge in [0.2, 0.25) is 0 Å². The second kappa shape index (κ2) is 5.97. The van der Waals surface area contributed by atoms with Crippen LogP contribution in [0.25, 0.3) is 0 Å². The van der Waals surface area contributed by atoms with Crippen LogP contribution in [0.4, 0.5) is 0 Å². The fraction of sp³-hybridized carbons (Fsp3) is 0.727. The summed E-state index contributed by atoms with van der Waals surface area (Å²) in [6.07, 6.45) is 10.9. The Morgan fingerprint density at radius 3 is 2.50 bits per heavy atom. The molecule has 0 heterocycles. The van der Waals surface area contributed by atoms with Crippen LogP contribution in [-0.2, 0) is 9.59 Å². The minimum absolute atomic E-state index is 0.0912. The molecule has 0 bridgehead atoms. The Balaban J connectivity index is 0.000000815. The van der Waals surface area contributed by atoms with Crippen LogP contribution >= 0.6 is 0 Å². The van der Waals surface area contributed by atoms with E-state index in [-0.39, 0.29) is 22.5 Å². The first-order valence-corrected chi connectivity index (χ1v) is 9.83. The fourth-order valence-corrected chi connectivity index (χ4v) is 6.27.